The van der Waals surface area contributed by atoms with Crippen LogP contribution in [0, 0.1) is 0 Å². The molecule has 2 aliphatic heterocycles. The van der Waals surface area contributed by atoms with E-state index >= 15 is 0 Å². The third-order valence-corrected chi connectivity index (χ3v) is 7.18. The summed E-state index contributed by atoms with van der Waals surface area (Å²) in [5.41, 5.74) is -0.148. The van der Waals surface area contributed by atoms with Gasteiger partial charge in [0.2, 0.25) is 17.5 Å². The number of ether oxygens (including phenoxy) is 3. The van der Waals surface area contributed by atoms with E-state index in [-0.39, 0.29) is 35.5 Å². The SMILES string of the molecule is COc1nc(OC)nc(N2CCC(c3nc(C(=O)N4CCN(c5cccc(C(F)(F)F)c5)CC4)c(OC)o3)CC2)n1. The van der Waals surface area contributed by atoms with Crippen LogP contribution in [0.4, 0.5) is 24.8 Å². The first-order valence-electron chi connectivity index (χ1n) is 13.1. The summed E-state index contributed by atoms with van der Waals surface area (Å²) >= 11 is 0. The Hall–Kier alpha value is -4.30. The average Bonchev–Trinajstić information content (AvgIpc) is 3.45. The van der Waals surface area contributed by atoms with E-state index in [1.165, 1.54) is 27.4 Å². The fraction of sp³-hybridized carbons (Fsp3) is 0.500. The molecule has 3 aromatic rings. The van der Waals surface area contributed by atoms with Gasteiger partial charge in [-0.3, -0.25) is 4.79 Å². The van der Waals surface area contributed by atoms with Crippen LogP contribution in [0.1, 0.15) is 40.7 Å². The van der Waals surface area contributed by atoms with Gasteiger partial charge in [0.1, 0.15) is 0 Å². The molecule has 4 heterocycles. The lowest BCUT2D eigenvalue weighted by Gasteiger charge is -2.36. The van der Waals surface area contributed by atoms with Gasteiger partial charge in [0.05, 0.1) is 26.9 Å². The van der Waals surface area contributed by atoms with Crippen LogP contribution in [-0.2, 0) is 6.18 Å². The number of benzene rings is 1. The number of carbonyl (C=O) groups excluding carboxylic acids is 1. The number of methoxy groups -OCH3 is 3. The number of rotatable bonds is 7. The van der Waals surface area contributed by atoms with Crippen molar-refractivity contribution >= 4 is 17.5 Å². The predicted octanol–water partition coefficient (Wildman–Crippen LogP) is 3.25. The monoisotopic (exact) mass is 577 g/mol. The van der Waals surface area contributed by atoms with Crippen LogP contribution in [0.25, 0.3) is 0 Å². The van der Waals surface area contributed by atoms with Gasteiger partial charge < -0.3 is 33.3 Å². The number of carbonyl (C=O) groups is 1. The zero-order valence-corrected chi connectivity index (χ0v) is 22.8. The molecule has 41 heavy (non-hydrogen) atoms. The van der Waals surface area contributed by atoms with Crippen molar-refractivity contribution in [3.8, 4) is 18.0 Å². The molecule has 15 heteroatoms. The minimum Gasteiger partial charge on any atom is -0.467 e. The van der Waals surface area contributed by atoms with Crippen molar-refractivity contribution in [3.05, 3.63) is 41.4 Å². The van der Waals surface area contributed by atoms with Crippen LogP contribution < -0.4 is 24.0 Å². The minimum atomic E-state index is -4.42. The Kier molecular flexibility index (Phi) is 8.03. The molecule has 0 aliphatic carbocycles. The van der Waals surface area contributed by atoms with Gasteiger partial charge >= 0.3 is 24.1 Å². The van der Waals surface area contributed by atoms with Crippen molar-refractivity contribution in [2.75, 3.05) is 70.4 Å². The zero-order valence-electron chi connectivity index (χ0n) is 22.8. The molecule has 0 N–H and O–H groups in total. The number of halogens is 3. The van der Waals surface area contributed by atoms with Crippen LogP contribution in [0.3, 0.4) is 0 Å². The zero-order chi connectivity index (χ0) is 29.1. The molecule has 220 valence electrons. The van der Waals surface area contributed by atoms with E-state index in [2.05, 4.69) is 19.9 Å². The lowest BCUT2D eigenvalue weighted by molar-refractivity contribution is -0.137. The molecule has 0 atom stereocenters. The van der Waals surface area contributed by atoms with Gasteiger partial charge in [-0.15, -0.1) is 4.98 Å². The maximum absolute atomic E-state index is 13.4. The number of alkyl halides is 3. The average molecular weight is 578 g/mol. The molecule has 0 unspecified atom stereocenters. The number of hydrogen-bond donors (Lipinski definition) is 0. The Morgan fingerprint density at radius 3 is 2.12 bits per heavy atom. The maximum atomic E-state index is 13.4. The third kappa shape index (κ3) is 6.07. The third-order valence-electron chi connectivity index (χ3n) is 7.18. The molecule has 5 rings (SSSR count). The first kappa shape index (κ1) is 28.2. The molecule has 2 aliphatic rings. The minimum absolute atomic E-state index is 0.0414. The van der Waals surface area contributed by atoms with E-state index < -0.39 is 11.7 Å². The summed E-state index contributed by atoms with van der Waals surface area (Å²) in [6.45, 7) is 2.60. The number of aromatic nitrogens is 4. The quantitative estimate of drug-likeness (QED) is 0.412. The smallest absolute Gasteiger partial charge is 0.416 e. The Morgan fingerprint density at radius 2 is 1.54 bits per heavy atom. The van der Waals surface area contributed by atoms with Crippen LogP contribution in [0.2, 0.25) is 0 Å². The van der Waals surface area contributed by atoms with E-state index in [1.807, 2.05) is 9.80 Å². The van der Waals surface area contributed by atoms with Gasteiger partial charge in [0.15, 0.2) is 0 Å². The summed E-state index contributed by atoms with van der Waals surface area (Å²) in [7, 11) is 4.35. The molecule has 2 fully saturated rings. The second-order valence-electron chi connectivity index (χ2n) is 9.59. The van der Waals surface area contributed by atoms with Crippen LogP contribution in [0.5, 0.6) is 18.0 Å². The summed E-state index contributed by atoms with van der Waals surface area (Å²) in [6.07, 6.45) is -3.08. The number of hydrogen-bond acceptors (Lipinski definition) is 11. The molecule has 0 radical (unpaired) electrons. The van der Waals surface area contributed by atoms with E-state index in [9.17, 15) is 18.0 Å². The van der Waals surface area contributed by atoms with Crippen molar-refractivity contribution in [1.82, 2.24) is 24.8 Å². The number of piperazine rings is 1. The second kappa shape index (κ2) is 11.7. The molecule has 0 saturated carbocycles. The summed E-state index contributed by atoms with van der Waals surface area (Å²) in [5, 5.41) is 0. The maximum Gasteiger partial charge on any atom is 0.416 e. The highest BCUT2D eigenvalue weighted by atomic mass is 19.4. The molecule has 2 saturated heterocycles. The molecule has 0 spiro atoms. The van der Waals surface area contributed by atoms with Crippen LogP contribution >= 0.6 is 0 Å². The molecule has 2 aromatic heterocycles. The highest BCUT2D eigenvalue weighted by Crippen LogP contribution is 2.34. The van der Waals surface area contributed by atoms with Crippen molar-refractivity contribution in [3.63, 3.8) is 0 Å². The first-order chi connectivity index (χ1) is 19.7. The van der Waals surface area contributed by atoms with E-state index in [0.29, 0.717) is 69.6 Å². The van der Waals surface area contributed by atoms with Gasteiger partial charge in [-0.05, 0) is 31.0 Å². The lowest BCUT2D eigenvalue weighted by Crippen LogP contribution is -2.49. The molecular formula is C26H30F3N7O5. The number of amides is 1. The van der Waals surface area contributed by atoms with E-state index in [1.54, 1.807) is 11.0 Å². The van der Waals surface area contributed by atoms with Gasteiger partial charge in [-0.25, -0.2) is 4.98 Å². The number of nitrogens with zero attached hydrogens (tertiary/aromatic N) is 7. The number of oxazole rings is 1. The summed E-state index contributed by atoms with van der Waals surface area (Å²) in [6, 6.07) is 5.51. The standard InChI is InChI=1S/C26H30F3N7O5/c1-38-22-19(21(37)35-13-11-34(12-14-35)18-6-4-5-17(15-18)26(27,28)29)30-20(41-22)16-7-9-36(10-8-16)23-31-24(39-2)33-25(32-23)40-3/h4-6,15-16H,7-14H2,1-3H3. The summed E-state index contributed by atoms with van der Waals surface area (Å²) in [4.78, 5) is 36.0. The highest BCUT2D eigenvalue weighted by Gasteiger charge is 2.34. The summed E-state index contributed by atoms with van der Waals surface area (Å²) < 4.78 is 60.9. The van der Waals surface area contributed by atoms with Crippen LogP contribution in [-0.4, -0.2) is 91.3 Å². The molecule has 0 bridgehead atoms. The van der Waals surface area contributed by atoms with Crippen molar-refractivity contribution in [2.45, 2.75) is 24.9 Å². The summed E-state index contributed by atoms with van der Waals surface area (Å²) in [5.74, 6) is 0.502. The Bertz CT molecular complexity index is 1350. The van der Waals surface area contributed by atoms with E-state index in [0.717, 1.165) is 12.1 Å². The van der Waals surface area contributed by atoms with Gasteiger partial charge in [-0.1, -0.05) is 6.07 Å². The lowest BCUT2D eigenvalue weighted by atomic mass is 9.97. The number of anilines is 2. The largest absolute Gasteiger partial charge is 0.467 e. The van der Waals surface area contributed by atoms with Gasteiger partial charge in [0, 0.05) is 50.9 Å². The van der Waals surface area contributed by atoms with Crippen LogP contribution in [0.15, 0.2) is 28.7 Å². The Balaban J connectivity index is 1.22. The molecule has 1 amide bonds. The first-order valence-corrected chi connectivity index (χ1v) is 13.1. The molecule has 12 nitrogen and oxygen atoms in total. The van der Waals surface area contributed by atoms with Crippen molar-refractivity contribution in [1.29, 1.82) is 0 Å². The predicted molar refractivity (Wildman–Crippen MR) is 140 cm³/mol. The molecular weight excluding hydrogens is 547 g/mol. The van der Waals surface area contributed by atoms with Gasteiger partial charge in [0.25, 0.3) is 5.91 Å². The van der Waals surface area contributed by atoms with Crippen molar-refractivity contribution in [2.24, 2.45) is 0 Å². The highest BCUT2D eigenvalue weighted by molar-refractivity contribution is 5.94. The van der Waals surface area contributed by atoms with E-state index in [4.69, 9.17) is 18.6 Å². The normalized spacial score (nSPS) is 16.6. The van der Waals surface area contributed by atoms with Gasteiger partial charge in [-0.2, -0.15) is 23.1 Å². The Morgan fingerprint density at radius 1 is 0.878 bits per heavy atom. The molecule has 1 aromatic carbocycles. The van der Waals surface area contributed by atoms with Crippen molar-refractivity contribution < 1.29 is 36.6 Å². The fourth-order valence-corrected chi connectivity index (χ4v) is 4.94. The topological polar surface area (TPSA) is 119 Å². The second-order valence-corrected chi connectivity index (χ2v) is 9.59. The number of piperidine rings is 1. The fourth-order valence-electron chi connectivity index (χ4n) is 4.94. The Labute approximate surface area is 234 Å².